The van der Waals surface area contributed by atoms with Gasteiger partial charge < -0.3 is 19.8 Å². The highest BCUT2D eigenvalue weighted by Crippen LogP contribution is 2.38. The Morgan fingerprint density at radius 1 is 1.12 bits per heavy atom. The van der Waals surface area contributed by atoms with E-state index in [0.717, 1.165) is 35.5 Å². The van der Waals surface area contributed by atoms with Gasteiger partial charge in [-0.25, -0.2) is 0 Å². The van der Waals surface area contributed by atoms with Gasteiger partial charge in [0.25, 0.3) is 0 Å². The molecular weight excluding hydrogens is 406 g/mol. The van der Waals surface area contributed by atoms with Crippen molar-refractivity contribution in [3.05, 3.63) is 65.4 Å². The van der Waals surface area contributed by atoms with E-state index in [-0.39, 0.29) is 24.5 Å². The molecule has 32 heavy (non-hydrogen) atoms. The molecule has 0 aliphatic carbocycles. The van der Waals surface area contributed by atoms with Crippen LogP contribution in [-0.2, 0) is 20.7 Å². The van der Waals surface area contributed by atoms with Crippen LogP contribution < -0.4 is 10.1 Å². The van der Waals surface area contributed by atoms with Crippen molar-refractivity contribution >= 4 is 22.8 Å². The van der Waals surface area contributed by atoms with Gasteiger partial charge in [-0.05, 0) is 42.2 Å². The van der Waals surface area contributed by atoms with E-state index in [2.05, 4.69) is 50.3 Å². The lowest BCUT2D eigenvalue weighted by Gasteiger charge is -2.35. The zero-order valence-corrected chi connectivity index (χ0v) is 18.5. The number of H-pyrrole nitrogens is 1. The van der Waals surface area contributed by atoms with E-state index in [1.165, 1.54) is 18.1 Å². The summed E-state index contributed by atoms with van der Waals surface area (Å²) in [6, 6.07) is 16.3. The number of hydrogen-bond acceptors (Lipinski definition) is 5. The second kappa shape index (κ2) is 9.87. The smallest absolute Gasteiger partial charge is 0.305 e. The number of ether oxygens (including phenoxy) is 2. The van der Waals surface area contributed by atoms with Crippen LogP contribution in [0, 0.1) is 0 Å². The molecule has 0 radical (unpaired) electrons. The third kappa shape index (κ3) is 4.62. The molecule has 2 N–H and O–H groups in total. The maximum absolute atomic E-state index is 12.7. The third-order valence-electron chi connectivity index (χ3n) is 6.02. The predicted molar refractivity (Wildman–Crippen MR) is 123 cm³/mol. The minimum atomic E-state index is -0.263. The molecule has 4 rings (SSSR count). The Bertz CT molecular complexity index is 1090. The lowest BCUT2D eigenvalue weighted by Crippen LogP contribution is -2.43. The average molecular weight is 436 g/mol. The highest BCUT2D eigenvalue weighted by Gasteiger charge is 2.32. The van der Waals surface area contributed by atoms with Gasteiger partial charge in [0.1, 0.15) is 5.75 Å². The Morgan fingerprint density at radius 2 is 1.91 bits per heavy atom. The van der Waals surface area contributed by atoms with Crippen molar-refractivity contribution in [1.29, 1.82) is 0 Å². The van der Waals surface area contributed by atoms with E-state index in [1.54, 1.807) is 7.11 Å². The van der Waals surface area contributed by atoms with Gasteiger partial charge in [-0.2, -0.15) is 0 Å². The molecular formula is C25H29N3O4. The maximum atomic E-state index is 12.7. The molecule has 3 aromatic rings. The molecule has 0 saturated heterocycles. The van der Waals surface area contributed by atoms with Crippen LogP contribution in [0.15, 0.2) is 48.5 Å². The van der Waals surface area contributed by atoms with Crippen LogP contribution in [0.2, 0.25) is 0 Å². The van der Waals surface area contributed by atoms with Crippen molar-refractivity contribution < 1.29 is 19.1 Å². The number of fused-ring (bicyclic) bond motifs is 3. The number of benzene rings is 2. The summed E-state index contributed by atoms with van der Waals surface area (Å²) in [5.41, 5.74) is 4.68. The van der Waals surface area contributed by atoms with Gasteiger partial charge in [-0.3, -0.25) is 14.5 Å². The molecule has 0 saturated carbocycles. The molecule has 1 amide bonds. The zero-order valence-electron chi connectivity index (χ0n) is 18.5. The summed E-state index contributed by atoms with van der Waals surface area (Å²) in [6.45, 7) is 1.51. The molecule has 0 bridgehead atoms. The number of aromatic nitrogens is 1. The molecule has 1 aliphatic rings. The summed E-state index contributed by atoms with van der Waals surface area (Å²) in [6.07, 6.45) is 1.74. The van der Waals surface area contributed by atoms with E-state index in [9.17, 15) is 9.59 Å². The molecule has 1 unspecified atom stereocenters. The molecule has 2 heterocycles. The van der Waals surface area contributed by atoms with Crippen molar-refractivity contribution in [2.75, 3.05) is 33.9 Å². The molecule has 7 heteroatoms. The number of amides is 1. The lowest BCUT2D eigenvalue weighted by molar-refractivity contribution is -0.140. The predicted octanol–water partition coefficient (Wildman–Crippen LogP) is 3.19. The number of methoxy groups -OCH3 is 2. The minimum absolute atomic E-state index is 0.0482. The van der Waals surface area contributed by atoms with Crippen LogP contribution in [0.5, 0.6) is 5.75 Å². The van der Waals surface area contributed by atoms with Crippen molar-refractivity contribution in [2.24, 2.45) is 0 Å². The summed E-state index contributed by atoms with van der Waals surface area (Å²) in [4.78, 5) is 29.8. The lowest BCUT2D eigenvalue weighted by atomic mass is 9.92. The minimum Gasteiger partial charge on any atom is -0.497 e. The van der Waals surface area contributed by atoms with Crippen LogP contribution in [0.4, 0.5) is 0 Å². The van der Waals surface area contributed by atoms with E-state index >= 15 is 0 Å². The molecule has 1 aliphatic heterocycles. The summed E-state index contributed by atoms with van der Waals surface area (Å²) in [5, 5.41) is 4.18. The van der Waals surface area contributed by atoms with Gasteiger partial charge in [0.2, 0.25) is 5.91 Å². The van der Waals surface area contributed by atoms with Gasteiger partial charge in [0.15, 0.2) is 0 Å². The van der Waals surface area contributed by atoms with E-state index in [0.29, 0.717) is 19.4 Å². The van der Waals surface area contributed by atoms with Crippen molar-refractivity contribution in [1.82, 2.24) is 15.2 Å². The zero-order chi connectivity index (χ0) is 22.5. The number of carbonyl (C=O) groups excluding carboxylic acids is 2. The fourth-order valence-corrected chi connectivity index (χ4v) is 4.43. The molecule has 7 nitrogen and oxygen atoms in total. The fourth-order valence-electron chi connectivity index (χ4n) is 4.43. The van der Waals surface area contributed by atoms with Gasteiger partial charge >= 0.3 is 5.97 Å². The van der Waals surface area contributed by atoms with Crippen LogP contribution in [-0.4, -0.2) is 55.6 Å². The van der Waals surface area contributed by atoms with Crippen molar-refractivity contribution in [3.63, 3.8) is 0 Å². The summed E-state index contributed by atoms with van der Waals surface area (Å²) < 4.78 is 9.97. The number of aromatic amines is 1. The van der Waals surface area contributed by atoms with Crippen LogP contribution in [0.3, 0.4) is 0 Å². The number of hydrogen-bond donors (Lipinski definition) is 2. The van der Waals surface area contributed by atoms with Crippen LogP contribution >= 0.6 is 0 Å². The Hall–Kier alpha value is -3.32. The molecule has 2 aromatic carbocycles. The summed E-state index contributed by atoms with van der Waals surface area (Å²) >= 11 is 0. The Labute approximate surface area is 187 Å². The quantitative estimate of drug-likeness (QED) is 0.419. The number of carbonyl (C=O) groups is 2. The largest absolute Gasteiger partial charge is 0.497 e. The highest BCUT2D eigenvalue weighted by atomic mass is 16.5. The number of para-hydroxylation sites is 1. The van der Waals surface area contributed by atoms with Gasteiger partial charge in [-0.1, -0.05) is 30.3 Å². The van der Waals surface area contributed by atoms with E-state index in [4.69, 9.17) is 4.74 Å². The second-order valence-corrected chi connectivity index (χ2v) is 7.99. The summed E-state index contributed by atoms with van der Waals surface area (Å²) in [7, 11) is 3.02. The second-order valence-electron chi connectivity index (χ2n) is 7.99. The SMILES string of the molecule is COC(=O)CCCNC(=O)CN1CCc2c([nH]c3ccccc23)C1c1ccc(OC)cc1. The molecule has 168 valence electrons. The monoisotopic (exact) mass is 435 g/mol. The van der Waals surface area contributed by atoms with Gasteiger partial charge in [-0.15, -0.1) is 0 Å². The van der Waals surface area contributed by atoms with Gasteiger partial charge in [0.05, 0.1) is 26.8 Å². The number of rotatable bonds is 8. The first-order valence-corrected chi connectivity index (χ1v) is 10.9. The van der Waals surface area contributed by atoms with Crippen molar-refractivity contribution in [3.8, 4) is 5.75 Å². The number of esters is 1. The van der Waals surface area contributed by atoms with Crippen LogP contribution in [0.1, 0.15) is 35.7 Å². The number of nitrogens with one attached hydrogen (secondary N) is 2. The Balaban J connectivity index is 1.55. The van der Waals surface area contributed by atoms with Crippen LogP contribution in [0.25, 0.3) is 10.9 Å². The first-order valence-electron chi connectivity index (χ1n) is 10.9. The van der Waals surface area contributed by atoms with E-state index in [1.807, 2.05) is 18.2 Å². The fraction of sp³-hybridized carbons (Fsp3) is 0.360. The Kier molecular flexibility index (Phi) is 6.75. The maximum Gasteiger partial charge on any atom is 0.305 e. The third-order valence-corrected chi connectivity index (χ3v) is 6.02. The molecule has 0 fully saturated rings. The average Bonchev–Trinajstić information content (AvgIpc) is 3.20. The summed E-state index contributed by atoms with van der Waals surface area (Å²) in [5.74, 6) is 0.491. The molecule has 0 spiro atoms. The Morgan fingerprint density at radius 3 is 2.66 bits per heavy atom. The van der Waals surface area contributed by atoms with Crippen molar-refractivity contribution in [2.45, 2.75) is 25.3 Å². The highest BCUT2D eigenvalue weighted by molar-refractivity contribution is 5.85. The normalized spacial score (nSPS) is 15.9. The standard InChI is InChI=1S/C25H29N3O4/c1-31-18-11-9-17(10-12-18)25-24-20(19-6-3-4-7-21(19)27-24)13-15-28(25)16-22(29)26-14-5-8-23(30)32-2/h3-4,6-7,9-12,25,27H,5,8,13-16H2,1-2H3,(H,26,29). The molecule has 1 aromatic heterocycles. The van der Waals surface area contributed by atoms with Gasteiger partial charge in [0, 0.05) is 36.1 Å². The molecule has 1 atom stereocenters. The topological polar surface area (TPSA) is 83.7 Å². The first-order chi connectivity index (χ1) is 15.6. The first kappa shape index (κ1) is 21.9. The van der Waals surface area contributed by atoms with E-state index < -0.39 is 0 Å². The number of nitrogens with zero attached hydrogens (tertiary/aromatic N) is 1.